The minimum absolute atomic E-state index is 0.0134. The summed E-state index contributed by atoms with van der Waals surface area (Å²) < 4.78 is 38.1. The van der Waals surface area contributed by atoms with Crippen LogP contribution in [0, 0.1) is 18.3 Å². The third-order valence-corrected chi connectivity index (χ3v) is 12.7. The molecular formula is C46H50N5O7P. The van der Waals surface area contributed by atoms with E-state index in [4.69, 9.17) is 23.3 Å². The molecule has 2 aliphatic rings. The summed E-state index contributed by atoms with van der Waals surface area (Å²) in [4.78, 5) is 31.3. The molecule has 1 amide bonds. The van der Waals surface area contributed by atoms with Crippen LogP contribution in [0.1, 0.15) is 73.0 Å². The fraction of sp³-hybridized carbons (Fsp3) is 0.348. The standard InChI is InChI=1S/C46H50N5O7P/c1-32(2)51(33(3)4)59(56-28-18-27-47)58-40-39-43(50-29-34(5)41(49-44(50)53)48-42(52)35-19-10-6-11-20-35)57-45(40,30-54-39)31-55-46(36-21-12-7-13-22-36,37-23-14-8-15-24-37)38-25-16-9-17-26-38/h6-17,19-26,29,32-33,39-40,43H,18,28,30-31H2,1-5H3,(H,48,49,52,53)/t39-,40+,43-,45-,59?/m1/s1. The van der Waals surface area contributed by atoms with Crippen molar-refractivity contribution in [1.82, 2.24) is 14.2 Å². The second kappa shape index (κ2) is 18.4. The number of ether oxygens (including phenoxy) is 3. The molecule has 13 heteroatoms. The number of rotatable bonds is 17. The first-order chi connectivity index (χ1) is 28.6. The fourth-order valence-corrected chi connectivity index (χ4v) is 9.72. The van der Waals surface area contributed by atoms with E-state index in [1.54, 1.807) is 37.4 Å². The van der Waals surface area contributed by atoms with Gasteiger partial charge in [0.25, 0.3) is 14.4 Å². The van der Waals surface area contributed by atoms with Gasteiger partial charge in [0.1, 0.15) is 29.2 Å². The van der Waals surface area contributed by atoms with Crippen molar-refractivity contribution >= 4 is 20.3 Å². The Kier molecular flexibility index (Phi) is 13.1. The van der Waals surface area contributed by atoms with Crippen LogP contribution >= 0.6 is 8.53 Å². The molecule has 3 heterocycles. The van der Waals surface area contributed by atoms with E-state index in [0.717, 1.165) is 16.7 Å². The van der Waals surface area contributed by atoms with E-state index >= 15 is 0 Å². The molecule has 2 saturated heterocycles. The van der Waals surface area contributed by atoms with Crippen LogP contribution in [0.25, 0.3) is 0 Å². The van der Waals surface area contributed by atoms with E-state index in [0.29, 0.717) is 11.1 Å². The molecule has 59 heavy (non-hydrogen) atoms. The SMILES string of the molecule is Cc1cn([C@@H]2O[C@@]3(COC(c4ccccc4)(c4ccccc4)c4ccccc4)CO[C@@H]2[C@@H]3OP(OCCC#N)N(C(C)C)C(C)C)c(=O)nc1NC(=O)c1ccccc1. The number of aromatic nitrogens is 2. The van der Waals surface area contributed by atoms with Crippen LogP contribution < -0.4 is 11.0 Å². The second-order valence-corrected chi connectivity index (χ2v) is 16.7. The molecule has 1 N–H and O–H groups in total. The lowest BCUT2D eigenvalue weighted by molar-refractivity contribution is -0.203. The minimum atomic E-state index is -1.76. The Hall–Kier alpha value is -5.09. The lowest BCUT2D eigenvalue weighted by Gasteiger charge is -2.41. The van der Waals surface area contributed by atoms with Gasteiger partial charge < -0.3 is 28.6 Å². The van der Waals surface area contributed by atoms with Crippen LogP contribution in [-0.4, -0.2) is 69.8 Å². The zero-order valence-corrected chi connectivity index (χ0v) is 34.8. The molecule has 2 bridgehead atoms. The maximum Gasteiger partial charge on any atom is 0.351 e. The second-order valence-electron chi connectivity index (χ2n) is 15.3. The fourth-order valence-electron chi connectivity index (χ4n) is 7.91. The highest BCUT2D eigenvalue weighted by Crippen LogP contribution is 2.56. The van der Waals surface area contributed by atoms with Crippen LogP contribution in [0.4, 0.5) is 5.82 Å². The Balaban J connectivity index is 1.30. The number of carbonyl (C=O) groups excluding carboxylic acids is 1. The molecule has 2 aliphatic heterocycles. The van der Waals surface area contributed by atoms with Gasteiger partial charge in [0.05, 0.1) is 32.3 Å². The first-order valence-corrected chi connectivity index (χ1v) is 21.0. The number of fused-ring (bicyclic) bond motifs is 2. The molecule has 7 rings (SSSR count). The van der Waals surface area contributed by atoms with Crippen molar-refractivity contribution in [2.24, 2.45) is 0 Å². The van der Waals surface area contributed by atoms with Crippen LogP contribution in [0.3, 0.4) is 0 Å². The molecule has 4 aromatic carbocycles. The predicted octanol–water partition coefficient (Wildman–Crippen LogP) is 8.14. The molecule has 1 aromatic heterocycles. The summed E-state index contributed by atoms with van der Waals surface area (Å²) >= 11 is 0. The average Bonchev–Trinajstić information content (AvgIpc) is 3.74. The third-order valence-electron chi connectivity index (χ3n) is 10.6. The van der Waals surface area contributed by atoms with E-state index in [9.17, 15) is 14.9 Å². The van der Waals surface area contributed by atoms with Gasteiger partial charge in [0.15, 0.2) is 6.23 Å². The largest absolute Gasteiger partial charge is 0.367 e. The molecule has 5 atom stereocenters. The number of nitrogens with one attached hydrogen (secondary N) is 1. The van der Waals surface area contributed by atoms with Crippen LogP contribution in [-0.2, 0) is 28.9 Å². The van der Waals surface area contributed by atoms with Gasteiger partial charge in [-0.15, -0.1) is 0 Å². The summed E-state index contributed by atoms with van der Waals surface area (Å²) in [5, 5.41) is 12.2. The van der Waals surface area contributed by atoms with Gasteiger partial charge in [-0.3, -0.25) is 9.36 Å². The number of carbonyl (C=O) groups is 1. The Morgan fingerprint density at radius 3 is 2.00 bits per heavy atom. The zero-order valence-electron chi connectivity index (χ0n) is 33.9. The topological polar surface area (TPSA) is 137 Å². The zero-order chi connectivity index (χ0) is 41.6. The Labute approximate surface area is 346 Å². The number of nitriles is 1. The average molecular weight is 816 g/mol. The van der Waals surface area contributed by atoms with E-state index < -0.39 is 43.9 Å². The molecular weight excluding hydrogens is 766 g/mol. The van der Waals surface area contributed by atoms with Crippen LogP contribution in [0.2, 0.25) is 0 Å². The van der Waals surface area contributed by atoms with Crippen LogP contribution in [0.5, 0.6) is 0 Å². The molecule has 0 radical (unpaired) electrons. The van der Waals surface area contributed by atoms with Gasteiger partial charge in [-0.25, -0.2) is 9.46 Å². The summed E-state index contributed by atoms with van der Waals surface area (Å²) in [5.74, 6) is -0.238. The van der Waals surface area contributed by atoms with E-state index in [-0.39, 0.29) is 50.1 Å². The van der Waals surface area contributed by atoms with E-state index in [1.165, 1.54) is 4.57 Å². The quantitative estimate of drug-likeness (QED) is 0.0557. The highest BCUT2D eigenvalue weighted by atomic mass is 31.2. The van der Waals surface area contributed by atoms with Gasteiger partial charge >= 0.3 is 5.69 Å². The van der Waals surface area contributed by atoms with Gasteiger partial charge in [-0.2, -0.15) is 10.2 Å². The molecule has 12 nitrogen and oxygen atoms in total. The van der Waals surface area contributed by atoms with Gasteiger partial charge in [0.2, 0.25) is 0 Å². The summed E-state index contributed by atoms with van der Waals surface area (Å²) in [7, 11) is -1.76. The summed E-state index contributed by atoms with van der Waals surface area (Å²) in [6.07, 6.45) is -0.736. The Morgan fingerprint density at radius 2 is 1.47 bits per heavy atom. The van der Waals surface area contributed by atoms with E-state index in [1.807, 2.05) is 60.7 Å². The number of hydrogen-bond donors (Lipinski definition) is 1. The molecule has 5 aromatic rings. The van der Waals surface area contributed by atoms with Crippen molar-refractivity contribution in [1.29, 1.82) is 5.26 Å². The monoisotopic (exact) mass is 815 g/mol. The maximum atomic E-state index is 14.0. The highest BCUT2D eigenvalue weighted by Gasteiger charge is 2.65. The molecule has 0 spiro atoms. The van der Waals surface area contributed by atoms with Crippen LogP contribution in [0.15, 0.2) is 132 Å². The smallest absolute Gasteiger partial charge is 0.351 e. The van der Waals surface area contributed by atoms with Crippen molar-refractivity contribution in [3.8, 4) is 6.07 Å². The predicted molar refractivity (Wildman–Crippen MR) is 225 cm³/mol. The number of nitrogens with zero attached hydrogens (tertiary/aromatic N) is 4. The molecule has 306 valence electrons. The number of aryl methyl sites for hydroxylation is 1. The molecule has 0 saturated carbocycles. The number of hydrogen-bond acceptors (Lipinski definition) is 10. The summed E-state index contributed by atoms with van der Waals surface area (Å²) in [5.41, 5.74) is 0.743. The minimum Gasteiger partial charge on any atom is -0.367 e. The third kappa shape index (κ3) is 8.65. The molecule has 0 aliphatic carbocycles. The highest BCUT2D eigenvalue weighted by molar-refractivity contribution is 7.44. The Bertz CT molecular complexity index is 2170. The number of anilines is 1. The first-order valence-electron chi connectivity index (χ1n) is 19.9. The van der Waals surface area contributed by atoms with Gasteiger partial charge in [-0.1, -0.05) is 109 Å². The van der Waals surface area contributed by atoms with Gasteiger partial charge in [-0.05, 0) is 63.4 Å². The van der Waals surface area contributed by atoms with Crippen molar-refractivity contribution in [3.63, 3.8) is 0 Å². The van der Waals surface area contributed by atoms with Gasteiger partial charge in [0, 0.05) is 29.4 Å². The summed E-state index contributed by atoms with van der Waals surface area (Å²) in [6.45, 7) is 10.3. The molecule has 2 fully saturated rings. The first kappa shape index (κ1) is 42.0. The lowest BCUT2D eigenvalue weighted by Crippen LogP contribution is -2.49. The number of amides is 1. The van der Waals surface area contributed by atoms with Crippen molar-refractivity contribution in [3.05, 3.63) is 166 Å². The van der Waals surface area contributed by atoms with Crippen molar-refractivity contribution in [2.75, 3.05) is 25.1 Å². The lowest BCUT2D eigenvalue weighted by atomic mass is 9.80. The van der Waals surface area contributed by atoms with E-state index in [2.05, 4.69) is 85.1 Å². The maximum absolute atomic E-state index is 14.0. The normalized spacial score (nSPS) is 20.6. The summed E-state index contributed by atoms with van der Waals surface area (Å²) in [6, 6.07) is 41.2. The molecule has 1 unspecified atom stereocenters. The van der Waals surface area contributed by atoms with Crippen molar-refractivity contribution < 1.29 is 28.1 Å². The number of benzene rings is 4. The van der Waals surface area contributed by atoms with Crippen molar-refractivity contribution in [2.45, 2.75) is 82.8 Å². The Morgan fingerprint density at radius 1 is 0.932 bits per heavy atom.